The second kappa shape index (κ2) is 4.82. The summed E-state index contributed by atoms with van der Waals surface area (Å²) < 4.78 is 2.11. The average molecular weight is 262 g/mol. The summed E-state index contributed by atoms with van der Waals surface area (Å²) in [4.78, 5) is 10.3. The zero-order valence-electron chi connectivity index (χ0n) is 10.8. The van der Waals surface area contributed by atoms with Gasteiger partial charge in [-0.3, -0.25) is 0 Å². The van der Waals surface area contributed by atoms with Crippen LogP contribution in [0.1, 0.15) is 34.1 Å². The molecule has 1 fully saturated rings. The van der Waals surface area contributed by atoms with Crippen molar-refractivity contribution in [2.75, 3.05) is 0 Å². The van der Waals surface area contributed by atoms with E-state index in [2.05, 4.69) is 39.9 Å². The fraction of sp³-hybridized carbons (Fsp3) is 0.538. The minimum absolute atomic E-state index is 0.736. The average Bonchev–Trinajstić information content (AvgIpc) is 2.98. The van der Waals surface area contributed by atoms with Gasteiger partial charge < -0.3 is 9.88 Å². The predicted octanol–water partition coefficient (Wildman–Crippen LogP) is 2.26. The molecule has 0 radical (unpaired) electrons. The van der Waals surface area contributed by atoms with Crippen molar-refractivity contribution in [1.82, 2.24) is 19.9 Å². The highest BCUT2D eigenvalue weighted by Crippen LogP contribution is 2.19. The quantitative estimate of drug-likeness (QED) is 0.898. The third-order valence-electron chi connectivity index (χ3n) is 3.23. The monoisotopic (exact) mass is 262 g/mol. The van der Waals surface area contributed by atoms with Crippen LogP contribution in [0.5, 0.6) is 0 Å². The van der Waals surface area contributed by atoms with Crippen LogP contribution in [-0.4, -0.2) is 20.6 Å². The van der Waals surface area contributed by atoms with E-state index in [4.69, 9.17) is 0 Å². The van der Waals surface area contributed by atoms with Gasteiger partial charge in [0.1, 0.15) is 5.01 Å². The first-order valence-electron chi connectivity index (χ1n) is 6.37. The van der Waals surface area contributed by atoms with Gasteiger partial charge >= 0.3 is 0 Å². The van der Waals surface area contributed by atoms with Crippen LogP contribution in [0.15, 0.2) is 12.5 Å². The van der Waals surface area contributed by atoms with Crippen molar-refractivity contribution in [3.63, 3.8) is 0 Å². The number of aromatic nitrogens is 3. The molecule has 0 unspecified atom stereocenters. The van der Waals surface area contributed by atoms with E-state index in [9.17, 15) is 0 Å². The zero-order valence-corrected chi connectivity index (χ0v) is 11.6. The lowest BCUT2D eigenvalue weighted by Gasteiger charge is -1.98. The number of nitrogens with one attached hydrogen (secondary N) is 1. The van der Waals surface area contributed by atoms with E-state index in [1.54, 1.807) is 11.3 Å². The van der Waals surface area contributed by atoms with Gasteiger partial charge in [0, 0.05) is 23.7 Å². The van der Waals surface area contributed by atoms with Gasteiger partial charge in [0.05, 0.1) is 24.3 Å². The van der Waals surface area contributed by atoms with Crippen molar-refractivity contribution in [2.45, 2.75) is 45.8 Å². The van der Waals surface area contributed by atoms with Crippen LogP contribution < -0.4 is 5.32 Å². The Labute approximate surface area is 111 Å². The molecule has 4 nitrogen and oxygen atoms in total. The Morgan fingerprint density at radius 3 is 2.94 bits per heavy atom. The highest BCUT2D eigenvalue weighted by molar-refractivity contribution is 7.11. The van der Waals surface area contributed by atoms with Crippen LogP contribution in [0.4, 0.5) is 0 Å². The van der Waals surface area contributed by atoms with E-state index < -0.39 is 0 Å². The molecular weight excluding hydrogens is 244 g/mol. The molecule has 18 heavy (non-hydrogen) atoms. The number of thiazole rings is 1. The summed E-state index contributed by atoms with van der Waals surface area (Å²) in [6.45, 7) is 5.90. The second-order valence-corrected chi connectivity index (χ2v) is 6.23. The predicted molar refractivity (Wildman–Crippen MR) is 72.8 cm³/mol. The Hall–Kier alpha value is -1.20. The lowest BCUT2D eigenvalue weighted by Crippen LogP contribution is -2.15. The van der Waals surface area contributed by atoms with Crippen molar-refractivity contribution in [3.8, 4) is 0 Å². The fourth-order valence-corrected chi connectivity index (χ4v) is 2.83. The molecule has 0 aliphatic heterocycles. The first-order chi connectivity index (χ1) is 8.70. The van der Waals surface area contributed by atoms with Gasteiger partial charge in [0.2, 0.25) is 0 Å². The number of hydrogen-bond donors (Lipinski definition) is 1. The number of nitrogens with zero attached hydrogens (tertiary/aromatic N) is 3. The molecule has 1 saturated carbocycles. The van der Waals surface area contributed by atoms with Gasteiger partial charge in [-0.1, -0.05) is 0 Å². The molecule has 1 N–H and O–H groups in total. The first-order valence-corrected chi connectivity index (χ1v) is 7.19. The van der Waals surface area contributed by atoms with Crippen molar-refractivity contribution in [2.24, 2.45) is 0 Å². The number of aryl methyl sites for hydroxylation is 2. The van der Waals surface area contributed by atoms with Gasteiger partial charge in [-0.25, -0.2) is 9.97 Å². The van der Waals surface area contributed by atoms with Crippen molar-refractivity contribution < 1.29 is 0 Å². The molecule has 1 aliphatic rings. The van der Waals surface area contributed by atoms with Gasteiger partial charge in [0.15, 0.2) is 0 Å². The maximum absolute atomic E-state index is 4.55. The third-order valence-corrected chi connectivity index (χ3v) is 4.28. The molecular formula is C13H18N4S. The molecule has 0 bridgehead atoms. The number of imidazole rings is 1. The molecule has 2 aromatic heterocycles. The SMILES string of the molecule is Cc1nc(Cn2cnc(CNC3CC3)c2)sc1C. The van der Waals surface area contributed by atoms with Crippen molar-refractivity contribution in [1.29, 1.82) is 0 Å². The maximum Gasteiger partial charge on any atom is 0.113 e. The van der Waals surface area contributed by atoms with Gasteiger partial charge in [-0.2, -0.15) is 0 Å². The van der Waals surface area contributed by atoms with Crippen LogP contribution in [-0.2, 0) is 13.1 Å². The second-order valence-electron chi connectivity index (χ2n) is 4.94. The number of rotatable bonds is 5. The Bertz CT molecular complexity index is 519. The summed E-state index contributed by atoms with van der Waals surface area (Å²) in [5.74, 6) is 0. The number of hydrogen-bond acceptors (Lipinski definition) is 4. The van der Waals surface area contributed by atoms with Gasteiger partial charge in [-0.05, 0) is 26.7 Å². The third kappa shape index (κ3) is 2.79. The molecule has 0 aromatic carbocycles. The molecule has 0 atom stereocenters. The normalized spacial score (nSPS) is 15.2. The van der Waals surface area contributed by atoms with E-state index in [-0.39, 0.29) is 0 Å². The smallest absolute Gasteiger partial charge is 0.113 e. The highest BCUT2D eigenvalue weighted by Gasteiger charge is 2.20. The van der Waals surface area contributed by atoms with Crippen molar-refractivity contribution >= 4 is 11.3 Å². The molecule has 0 spiro atoms. The van der Waals surface area contributed by atoms with Crippen LogP contribution >= 0.6 is 11.3 Å². The molecule has 3 rings (SSSR count). The summed E-state index contributed by atoms with van der Waals surface area (Å²) in [5.41, 5.74) is 2.26. The Balaban J connectivity index is 1.61. The molecule has 5 heteroatoms. The van der Waals surface area contributed by atoms with Crippen LogP contribution in [0.2, 0.25) is 0 Å². The topological polar surface area (TPSA) is 42.7 Å². The van der Waals surface area contributed by atoms with E-state index in [0.717, 1.165) is 35.5 Å². The largest absolute Gasteiger partial charge is 0.330 e. The molecule has 0 saturated heterocycles. The molecule has 96 valence electrons. The summed E-state index contributed by atoms with van der Waals surface area (Å²) in [5, 5.41) is 4.63. The van der Waals surface area contributed by atoms with Gasteiger partial charge in [0.25, 0.3) is 0 Å². The molecule has 2 heterocycles. The van der Waals surface area contributed by atoms with E-state index in [1.807, 2.05) is 6.33 Å². The summed E-state index contributed by atoms with van der Waals surface area (Å²) in [6.07, 6.45) is 6.65. The van der Waals surface area contributed by atoms with Crippen LogP contribution in [0.3, 0.4) is 0 Å². The van der Waals surface area contributed by atoms with E-state index in [0.29, 0.717) is 0 Å². The molecule has 2 aromatic rings. The Morgan fingerprint density at radius 2 is 2.28 bits per heavy atom. The lowest BCUT2D eigenvalue weighted by atomic mass is 10.4. The van der Waals surface area contributed by atoms with Crippen LogP contribution in [0.25, 0.3) is 0 Å². The highest BCUT2D eigenvalue weighted by atomic mass is 32.1. The zero-order chi connectivity index (χ0) is 12.5. The Morgan fingerprint density at radius 1 is 1.44 bits per heavy atom. The summed E-state index contributed by atoms with van der Waals surface area (Å²) >= 11 is 1.77. The van der Waals surface area contributed by atoms with E-state index in [1.165, 1.54) is 17.7 Å². The Kier molecular flexibility index (Phi) is 3.18. The first kappa shape index (κ1) is 11.9. The minimum Gasteiger partial charge on any atom is -0.330 e. The van der Waals surface area contributed by atoms with E-state index >= 15 is 0 Å². The van der Waals surface area contributed by atoms with Crippen molar-refractivity contribution in [3.05, 3.63) is 33.8 Å². The standard InChI is InChI=1S/C13H18N4S/c1-9-10(2)18-13(16-9)7-17-6-12(15-8-17)5-14-11-3-4-11/h6,8,11,14H,3-5,7H2,1-2H3. The van der Waals surface area contributed by atoms with Crippen LogP contribution in [0, 0.1) is 13.8 Å². The summed E-state index contributed by atoms with van der Waals surface area (Å²) in [7, 11) is 0. The fourth-order valence-electron chi connectivity index (χ4n) is 1.88. The molecule has 0 amide bonds. The summed E-state index contributed by atoms with van der Waals surface area (Å²) in [6, 6.07) is 0.736. The molecule has 1 aliphatic carbocycles. The minimum atomic E-state index is 0.736. The maximum atomic E-state index is 4.55. The lowest BCUT2D eigenvalue weighted by molar-refractivity contribution is 0.675. The van der Waals surface area contributed by atoms with Gasteiger partial charge in [-0.15, -0.1) is 11.3 Å².